The summed E-state index contributed by atoms with van der Waals surface area (Å²) in [4.78, 5) is 7.68. The Morgan fingerprint density at radius 1 is 0.931 bits per heavy atom. The van der Waals surface area contributed by atoms with E-state index in [9.17, 15) is 17.4 Å². The molecule has 8 heteroatoms. The molecule has 0 bridgehead atoms. The average molecular weight is 424 g/mol. The van der Waals surface area contributed by atoms with E-state index in [0.717, 1.165) is 57.0 Å². The van der Waals surface area contributed by atoms with E-state index in [1.807, 2.05) is 23.1 Å². The molecule has 2 heterocycles. The number of piperazine rings is 1. The van der Waals surface area contributed by atoms with Crippen molar-refractivity contribution in [1.82, 2.24) is 9.80 Å². The molecule has 1 atom stereocenters. The van der Waals surface area contributed by atoms with E-state index in [4.69, 9.17) is 0 Å². The Bertz CT molecular complexity index is 910. The normalized spacial score (nSPS) is 20.4. The van der Waals surface area contributed by atoms with E-state index in [-0.39, 0.29) is 0 Å². The molecule has 0 saturated carbocycles. The van der Waals surface area contributed by atoms with Gasteiger partial charge in [-0.25, -0.2) is 4.21 Å². The van der Waals surface area contributed by atoms with Gasteiger partial charge >= 0.3 is 6.18 Å². The Kier molecular flexibility index (Phi) is 5.68. The van der Waals surface area contributed by atoms with Crippen molar-refractivity contribution in [1.29, 1.82) is 0 Å². The standard InChI is InChI=1S/C21H24F3N3OS/c1-25-11-13-26(14-12-25)9-4-10-27-17-5-2-3-6-19(17)29(28)20-8-7-16(15-18(20)27)21(22,23)24/h2-3,5-8,15H,4,9-14H2,1H3. The van der Waals surface area contributed by atoms with E-state index < -0.39 is 22.5 Å². The first kappa shape index (κ1) is 20.4. The predicted molar refractivity (Wildman–Crippen MR) is 108 cm³/mol. The van der Waals surface area contributed by atoms with E-state index in [2.05, 4.69) is 16.8 Å². The van der Waals surface area contributed by atoms with Crippen molar-refractivity contribution < 1.29 is 17.4 Å². The Morgan fingerprint density at radius 3 is 2.34 bits per heavy atom. The molecule has 0 aromatic heterocycles. The molecule has 4 rings (SSSR count). The molecule has 2 aliphatic rings. The summed E-state index contributed by atoms with van der Waals surface area (Å²) in [5.41, 5.74) is 0.419. The Hall–Kier alpha value is -1.90. The first-order chi connectivity index (χ1) is 13.8. The number of hydrogen-bond acceptors (Lipinski definition) is 4. The fourth-order valence-corrected chi connectivity index (χ4v) is 5.27. The van der Waals surface area contributed by atoms with Crippen molar-refractivity contribution in [3.8, 4) is 0 Å². The second-order valence-corrected chi connectivity index (χ2v) is 8.98. The van der Waals surface area contributed by atoms with Crippen LogP contribution in [-0.4, -0.2) is 60.3 Å². The fourth-order valence-electron chi connectivity index (χ4n) is 3.91. The quantitative estimate of drug-likeness (QED) is 0.744. The van der Waals surface area contributed by atoms with E-state index in [0.29, 0.717) is 22.0 Å². The summed E-state index contributed by atoms with van der Waals surface area (Å²) in [6.07, 6.45) is -3.61. The SMILES string of the molecule is CN1CCN(CCCN2c3ccccc3S(=O)c3ccc(C(F)(F)F)cc32)CC1. The van der Waals surface area contributed by atoms with Gasteiger partial charge in [-0.05, 0) is 50.3 Å². The third-order valence-corrected chi connectivity index (χ3v) is 7.07. The highest BCUT2D eigenvalue weighted by atomic mass is 32.2. The molecule has 0 spiro atoms. The minimum Gasteiger partial charge on any atom is -0.339 e. The van der Waals surface area contributed by atoms with Gasteiger partial charge in [0, 0.05) is 32.7 Å². The van der Waals surface area contributed by atoms with Gasteiger partial charge in [0.25, 0.3) is 0 Å². The van der Waals surface area contributed by atoms with Crippen LogP contribution in [0.5, 0.6) is 0 Å². The number of alkyl halides is 3. The Balaban J connectivity index is 1.60. The summed E-state index contributed by atoms with van der Waals surface area (Å²) in [6.45, 7) is 5.54. The molecule has 0 radical (unpaired) electrons. The molecule has 0 aliphatic carbocycles. The maximum absolute atomic E-state index is 13.3. The maximum Gasteiger partial charge on any atom is 0.416 e. The first-order valence-corrected chi connectivity index (χ1v) is 10.9. The third-order valence-electron chi connectivity index (χ3n) is 5.58. The molecule has 2 aromatic rings. The van der Waals surface area contributed by atoms with E-state index >= 15 is 0 Å². The summed E-state index contributed by atoms with van der Waals surface area (Å²) in [6, 6.07) is 10.8. The number of fused-ring (bicyclic) bond motifs is 2. The van der Waals surface area contributed by atoms with Gasteiger partial charge in [0.05, 0.1) is 37.5 Å². The molecule has 1 saturated heterocycles. The molecule has 4 nitrogen and oxygen atoms in total. The van der Waals surface area contributed by atoms with Crippen LogP contribution in [0.3, 0.4) is 0 Å². The smallest absolute Gasteiger partial charge is 0.339 e. The molecular weight excluding hydrogens is 399 g/mol. The number of likely N-dealkylation sites (N-methyl/N-ethyl adjacent to an activating group) is 1. The summed E-state index contributed by atoms with van der Waals surface area (Å²) in [5, 5.41) is 0. The van der Waals surface area contributed by atoms with Crippen molar-refractivity contribution in [3.05, 3.63) is 48.0 Å². The zero-order valence-corrected chi connectivity index (χ0v) is 17.1. The molecule has 29 heavy (non-hydrogen) atoms. The highest BCUT2D eigenvalue weighted by Crippen LogP contribution is 2.44. The molecule has 2 aliphatic heterocycles. The van der Waals surface area contributed by atoms with Crippen LogP contribution in [0.4, 0.5) is 24.5 Å². The maximum atomic E-state index is 13.3. The van der Waals surface area contributed by atoms with Crippen LogP contribution in [0, 0.1) is 0 Å². The zero-order chi connectivity index (χ0) is 20.6. The van der Waals surface area contributed by atoms with Gasteiger partial charge in [-0.15, -0.1) is 0 Å². The van der Waals surface area contributed by atoms with Gasteiger partial charge < -0.3 is 14.7 Å². The third kappa shape index (κ3) is 4.20. The highest BCUT2D eigenvalue weighted by Gasteiger charge is 2.34. The lowest BCUT2D eigenvalue weighted by atomic mass is 10.1. The van der Waals surface area contributed by atoms with Crippen LogP contribution in [-0.2, 0) is 17.0 Å². The van der Waals surface area contributed by atoms with Crippen molar-refractivity contribution in [2.75, 3.05) is 51.2 Å². The van der Waals surface area contributed by atoms with E-state index in [1.165, 1.54) is 6.07 Å². The lowest BCUT2D eigenvalue weighted by molar-refractivity contribution is -0.137. The first-order valence-electron chi connectivity index (χ1n) is 9.75. The largest absolute Gasteiger partial charge is 0.416 e. The number of anilines is 2. The molecule has 0 amide bonds. The summed E-state index contributed by atoms with van der Waals surface area (Å²) < 4.78 is 52.9. The molecule has 1 unspecified atom stereocenters. The number of benzene rings is 2. The Labute approximate surface area is 171 Å². The monoisotopic (exact) mass is 423 g/mol. The predicted octanol–water partition coefficient (Wildman–Crippen LogP) is 3.96. The summed E-state index contributed by atoms with van der Waals surface area (Å²) in [5.74, 6) is 0. The minimum absolute atomic E-state index is 0.398. The Morgan fingerprint density at radius 2 is 1.62 bits per heavy atom. The van der Waals surface area contributed by atoms with Gasteiger partial charge in [0.1, 0.15) is 0 Å². The van der Waals surface area contributed by atoms with Crippen LogP contribution >= 0.6 is 0 Å². The van der Waals surface area contributed by atoms with E-state index in [1.54, 1.807) is 6.07 Å². The number of hydrogen-bond donors (Lipinski definition) is 0. The second-order valence-electron chi connectivity index (χ2n) is 7.57. The lowest BCUT2D eigenvalue weighted by Crippen LogP contribution is -2.45. The topological polar surface area (TPSA) is 26.8 Å². The minimum atomic E-state index is -4.43. The lowest BCUT2D eigenvalue weighted by Gasteiger charge is -2.35. The van der Waals surface area contributed by atoms with Crippen LogP contribution in [0.2, 0.25) is 0 Å². The number of nitrogens with zero attached hydrogens (tertiary/aromatic N) is 3. The summed E-state index contributed by atoms with van der Waals surface area (Å²) in [7, 11) is 0.624. The van der Waals surface area contributed by atoms with Crippen LogP contribution in [0.1, 0.15) is 12.0 Å². The number of halogens is 3. The van der Waals surface area contributed by atoms with Gasteiger partial charge in [-0.3, -0.25) is 0 Å². The summed E-state index contributed by atoms with van der Waals surface area (Å²) >= 11 is 0. The molecule has 0 N–H and O–H groups in total. The molecule has 156 valence electrons. The van der Waals surface area contributed by atoms with Gasteiger partial charge in [0.2, 0.25) is 0 Å². The number of para-hydroxylation sites is 1. The van der Waals surface area contributed by atoms with Crippen LogP contribution in [0.15, 0.2) is 52.3 Å². The van der Waals surface area contributed by atoms with Crippen LogP contribution in [0.25, 0.3) is 0 Å². The second kappa shape index (κ2) is 8.08. The van der Waals surface area contributed by atoms with Crippen molar-refractivity contribution in [2.24, 2.45) is 0 Å². The fraction of sp³-hybridized carbons (Fsp3) is 0.429. The number of rotatable bonds is 4. The molecule has 1 fully saturated rings. The van der Waals surface area contributed by atoms with Gasteiger partial charge in [-0.2, -0.15) is 13.2 Å². The molecule has 2 aromatic carbocycles. The zero-order valence-electron chi connectivity index (χ0n) is 16.3. The molecular formula is C21H24F3N3OS. The van der Waals surface area contributed by atoms with Crippen molar-refractivity contribution in [3.63, 3.8) is 0 Å². The highest BCUT2D eigenvalue weighted by molar-refractivity contribution is 7.85. The van der Waals surface area contributed by atoms with Crippen molar-refractivity contribution >= 4 is 22.2 Å². The van der Waals surface area contributed by atoms with Gasteiger partial charge in [0.15, 0.2) is 0 Å². The van der Waals surface area contributed by atoms with Gasteiger partial charge in [-0.1, -0.05) is 12.1 Å². The average Bonchev–Trinajstić information content (AvgIpc) is 2.71. The van der Waals surface area contributed by atoms with Crippen LogP contribution < -0.4 is 4.90 Å². The van der Waals surface area contributed by atoms with Crippen molar-refractivity contribution in [2.45, 2.75) is 22.4 Å².